The second kappa shape index (κ2) is 8.27. The van der Waals surface area contributed by atoms with Gasteiger partial charge in [0, 0.05) is 24.1 Å². The number of para-hydroxylation sites is 1. The standard InChI is InChI=1S/C20H19N5O3S/c26-16(17-7-4-10-29-17)8-9-18(27)22-19-14-11-25(12-15(14)23-24-19)20(28)21-13-5-2-1-3-6-13/h1-7,10H,8-9,11-12H2,(H,21,28)(H2,22,23,24,27). The van der Waals surface area contributed by atoms with Crippen molar-refractivity contribution >= 4 is 40.6 Å². The van der Waals surface area contributed by atoms with Crippen molar-refractivity contribution in [2.75, 3.05) is 10.6 Å². The molecule has 0 bridgehead atoms. The maximum absolute atomic E-state index is 12.5. The first-order valence-electron chi connectivity index (χ1n) is 9.14. The van der Waals surface area contributed by atoms with Crippen LogP contribution < -0.4 is 10.6 Å². The van der Waals surface area contributed by atoms with Crippen LogP contribution in [0.5, 0.6) is 0 Å². The Labute approximate surface area is 170 Å². The number of Topliss-reactive ketones (excluding diaryl/α,β-unsaturated/α-hetero) is 1. The highest BCUT2D eigenvalue weighted by molar-refractivity contribution is 7.12. The number of nitrogens with zero attached hydrogens (tertiary/aromatic N) is 2. The third-order valence-corrected chi connectivity index (χ3v) is 5.51. The molecule has 0 saturated heterocycles. The van der Waals surface area contributed by atoms with Crippen molar-refractivity contribution in [1.82, 2.24) is 15.1 Å². The Morgan fingerprint density at radius 1 is 1.03 bits per heavy atom. The molecule has 8 nitrogen and oxygen atoms in total. The minimum absolute atomic E-state index is 0.0475. The Morgan fingerprint density at radius 2 is 1.86 bits per heavy atom. The van der Waals surface area contributed by atoms with Crippen LogP contribution in [0.4, 0.5) is 16.3 Å². The third kappa shape index (κ3) is 4.35. The molecule has 0 spiro atoms. The molecule has 4 rings (SSSR count). The van der Waals surface area contributed by atoms with Gasteiger partial charge in [0.05, 0.1) is 23.7 Å². The summed E-state index contributed by atoms with van der Waals surface area (Å²) < 4.78 is 0. The van der Waals surface area contributed by atoms with E-state index in [-0.39, 0.29) is 30.6 Å². The lowest BCUT2D eigenvalue weighted by Gasteiger charge is -2.16. The van der Waals surface area contributed by atoms with Gasteiger partial charge in [0.2, 0.25) is 5.91 Å². The summed E-state index contributed by atoms with van der Waals surface area (Å²) in [7, 11) is 0. The normalized spacial score (nSPS) is 12.5. The molecule has 0 saturated carbocycles. The van der Waals surface area contributed by atoms with Gasteiger partial charge in [-0.25, -0.2) is 4.79 Å². The Morgan fingerprint density at radius 3 is 2.62 bits per heavy atom. The highest BCUT2D eigenvalue weighted by Crippen LogP contribution is 2.27. The Hall–Kier alpha value is -3.46. The topological polar surface area (TPSA) is 107 Å². The van der Waals surface area contributed by atoms with Crippen molar-refractivity contribution in [2.24, 2.45) is 0 Å². The van der Waals surface area contributed by atoms with Crippen molar-refractivity contribution in [1.29, 1.82) is 0 Å². The summed E-state index contributed by atoms with van der Waals surface area (Å²) in [6.07, 6.45) is 0.233. The van der Waals surface area contributed by atoms with Gasteiger partial charge in [-0.1, -0.05) is 24.3 Å². The molecule has 1 aliphatic heterocycles. The second-order valence-corrected chi connectivity index (χ2v) is 7.57. The summed E-state index contributed by atoms with van der Waals surface area (Å²) in [6, 6.07) is 12.5. The Bertz CT molecular complexity index is 1030. The summed E-state index contributed by atoms with van der Waals surface area (Å²) in [5, 5.41) is 14.4. The summed E-state index contributed by atoms with van der Waals surface area (Å²) in [5.74, 6) is 0.158. The molecule has 9 heteroatoms. The SMILES string of the molecule is O=C(CCC(=O)c1cccs1)Nc1[nH]nc2c1CN(C(=O)Nc1ccccc1)C2. The van der Waals surface area contributed by atoms with E-state index >= 15 is 0 Å². The van der Waals surface area contributed by atoms with E-state index in [4.69, 9.17) is 0 Å². The monoisotopic (exact) mass is 409 g/mol. The van der Waals surface area contributed by atoms with Crippen molar-refractivity contribution in [3.63, 3.8) is 0 Å². The fourth-order valence-electron chi connectivity index (χ4n) is 3.09. The minimum atomic E-state index is -0.270. The quantitative estimate of drug-likeness (QED) is 0.541. The van der Waals surface area contributed by atoms with Crippen LogP contribution in [0, 0.1) is 0 Å². The molecule has 0 radical (unpaired) electrons. The predicted molar refractivity (Wildman–Crippen MR) is 110 cm³/mol. The van der Waals surface area contributed by atoms with Gasteiger partial charge in [0.1, 0.15) is 5.82 Å². The first-order chi connectivity index (χ1) is 14.1. The molecule has 3 aromatic rings. The van der Waals surface area contributed by atoms with Crippen molar-refractivity contribution < 1.29 is 14.4 Å². The predicted octanol–water partition coefficient (Wildman–Crippen LogP) is 3.62. The van der Waals surface area contributed by atoms with Gasteiger partial charge >= 0.3 is 6.03 Å². The van der Waals surface area contributed by atoms with Crippen LogP contribution >= 0.6 is 11.3 Å². The van der Waals surface area contributed by atoms with Gasteiger partial charge in [-0.3, -0.25) is 14.7 Å². The van der Waals surface area contributed by atoms with Crippen LogP contribution in [0.2, 0.25) is 0 Å². The van der Waals surface area contributed by atoms with E-state index in [1.807, 2.05) is 41.8 Å². The number of amides is 3. The lowest BCUT2D eigenvalue weighted by atomic mass is 10.2. The number of hydrogen-bond acceptors (Lipinski definition) is 5. The summed E-state index contributed by atoms with van der Waals surface area (Å²) in [4.78, 5) is 39.0. The molecular formula is C20H19N5O3S. The summed E-state index contributed by atoms with van der Waals surface area (Å²) in [5.41, 5.74) is 2.22. The number of aromatic amines is 1. The number of urea groups is 1. The number of nitrogens with one attached hydrogen (secondary N) is 3. The molecule has 148 valence electrons. The number of carbonyl (C=O) groups is 3. The molecule has 0 aliphatic carbocycles. The summed E-state index contributed by atoms with van der Waals surface area (Å²) in [6.45, 7) is 0.700. The van der Waals surface area contributed by atoms with E-state index in [9.17, 15) is 14.4 Å². The zero-order chi connectivity index (χ0) is 20.2. The van der Waals surface area contributed by atoms with Gasteiger partial charge in [0.25, 0.3) is 0 Å². The largest absolute Gasteiger partial charge is 0.322 e. The number of aromatic nitrogens is 2. The highest BCUT2D eigenvalue weighted by atomic mass is 32.1. The zero-order valence-electron chi connectivity index (χ0n) is 15.5. The highest BCUT2D eigenvalue weighted by Gasteiger charge is 2.29. The number of benzene rings is 1. The fraction of sp³-hybridized carbons (Fsp3) is 0.200. The molecular weight excluding hydrogens is 390 g/mol. The Kier molecular flexibility index (Phi) is 5.39. The number of H-pyrrole nitrogens is 1. The molecule has 3 N–H and O–H groups in total. The average molecular weight is 409 g/mol. The van der Waals surface area contributed by atoms with Crippen LogP contribution in [0.15, 0.2) is 47.8 Å². The van der Waals surface area contributed by atoms with E-state index in [1.165, 1.54) is 11.3 Å². The number of anilines is 2. The van der Waals surface area contributed by atoms with Crippen molar-refractivity contribution in [3.8, 4) is 0 Å². The van der Waals surface area contributed by atoms with Crippen LogP contribution in [0.25, 0.3) is 0 Å². The number of rotatable bonds is 6. The van der Waals surface area contributed by atoms with Gasteiger partial charge in [-0.15, -0.1) is 11.3 Å². The fourth-order valence-corrected chi connectivity index (χ4v) is 3.79. The molecule has 1 aliphatic rings. The first kappa shape index (κ1) is 18.9. The summed E-state index contributed by atoms with van der Waals surface area (Å²) >= 11 is 1.37. The number of fused-ring (bicyclic) bond motifs is 1. The van der Waals surface area contributed by atoms with E-state index in [0.717, 1.165) is 11.3 Å². The van der Waals surface area contributed by atoms with Gasteiger partial charge in [0.15, 0.2) is 5.78 Å². The lowest BCUT2D eigenvalue weighted by Crippen LogP contribution is -2.30. The number of carbonyl (C=O) groups excluding carboxylic acids is 3. The average Bonchev–Trinajstić information content (AvgIpc) is 3.46. The van der Waals surface area contributed by atoms with Crippen LogP contribution in [-0.2, 0) is 17.9 Å². The third-order valence-electron chi connectivity index (χ3n) is 4.59. The van der Waals surface area contributed by atoms with Crippen LogP contribution in [-0.4, -0.2) is 32.8 Å². The molecule has 3 heterocycles. The van der Waals surface area contributed by atoms with E-state index in [0.29, 0.717) is 29.5 Å². The Balaban J connectivity index is 1.31. The van der Waals surface area contributed by atoms with Crippen molar-refractivity contribution in [3.05, 3.63) is 64.0 Å². The molecule has 0 atom stereocenters. The zero-order valence-corrected chi connectivity index (χ0v) is 16.3. The van der Waals surface area contributed by atoms with Crippen molar-refractivity contribution in [2.45, 2.75) is 25.9 Å². The van der Waals surface area contributed by atoms with E-state index in [1.54, 1.807) is 11.0 Å². The number of hydrogen-bond donors (Lipinski definition) is 3. The second-order valence-electron chi connectivity index (χ2n) is 6.62. The van der Waals surface area contributed by atoms with E-state index in [2.05, 4.69) is 20.8 Å². The lowest BCUT2D eigenvalue weighted by molar-refractivity contribution is -0.116. The maximum atomic E-state index is 12.5. The van der Waals surface area contributed by atoms with E-state index < -0.39 is 0 Å². The van der Waals surface area contributed by atoms with Gasteiger partial charge in [-0.2, -0.15) is 5.10 Å². The van der Waals surface area contributed by atoms with Crippen LogP contribution in [0.1, 0.15) is 33.8 Å². The number of ketones is 1. The van der Waals surface area contributed by atoms with Gasteiger partial charge < -0.3 is 15.5 Å². The molecule has 2 aromatic heterocycles. The maximum Gasteiger partial charge on any atom is 0.322 e. The first-order valence-corrected chi connectivity index (χ1v) is 10.0. The molecule has 29 heavy (non-hydrogen) atoms. The smallest absolute Gasteiger partial charge is 0.314 e. The molecule has 3 amide bonds. The molecule has 0 fully saturated rings. The van der Waals surface area contributed by atoms with Gasteiger partial charge in [-0.05, 0) is 23.6 Å². The number of thiophene rings is 1. The minimum Gasteiger partial charge on any atom is -0.314 e. The molecule has 0 unspecified atom stereocenters. The molecule has 1 aromatic carbocycles. The van der Waals surface area contributed by atoms with Crippen LogP contribution in [0.3, 0.4) is 0 Å².